The van der Waals surface area contributed by atoms with Gasteiger partial charge < -0.3 is 4.90 Å². The number of aryl methyl sites for hydroxylation is 1. The second kappa shape index (κ2) is 7.88. The molecule has 1 aliphatic rings. The quantitative estimate of drug-likeness (QED) is 0.524. The van der Waals surface area contributed by atoms with Crippen LogP contribution >= 0.6 is 11.3 Å². The van der Waals surface area contributed by atoms with Gasteiger partial charge in [0.15, 0.2) is 10.8 Å². The van der Waals surface area contributed by atoms with Gasteiger partial charge in [0.2, 0.25) is 0 Å². The van der Waals surface area contributed by atoms with Crippen molar-refractivity contribution in [3.63, 3.8) is 0 Å². The van der Waals surface area contributed by atoms with Crippen LogP contribution in [0.1, 0.15) is 44.6 Å². The summed E-state index contributed by atoms with van der Waals surface area (Å²) in [6.07, 6.45) is 2.39. The van der Waals surface area contributed by atoms with Gasteiger partial charge >= 0.3 is 0 Å². The van der Waals surface area contributed by atoms with Gasteiger partial charge in [0.25, 0.3) is 11.8 Å². The molecule has 1 aromatic carbocycles. The lowest BCUT2D eigenvalue weighted by molar-refractivity contribution is 0.0778. The molecule has 0 unspecified atom stereocenters. The lowest BCUT2D eigenvalue weighted by Crippen LogP contribution is -2.29. The highest BCUT2D eigenvalue weighted by Crippen LogP contribution is 2.30. The maximum atomic E-state index is 13.0. The summed E-state index contributed by atoms with van der Waals surface area (Å²) < 4.78 is 4.66. The zero-order valence-corrected chi connectivity index (χ0v) is 17.4. The number of fused-ring (bicyclic) bond motifs is 1. The number of likely N-dealkylation sites (tertiary alicyclic amines) is 1. The zero-order chi connectivity index (χ0) is 21.4. The van der Waals surface area contributed by atoms with E-state index >= 15 is 0 Å². The van der Waals surface area contributed by atoms with Crippen LogP contribution in [0, 0.1) is 6.92 Å². The normalized spacial score (nSPS) is 16.0. The highest BCUT2D eigenvalue weighted by Gasteiger charge is 2.32. The molecule has 9 nitrogen and oxygen atoms in total. The molecule has 1 atom stereocenters. The number of anilines is 1. The molecule has 0 bridgehead atoms. The third-order valence-electron chi connectivity index (χ3n) is 5.38. The molecule has 31 heavy (non-hydrogen) atoms. The van der Waals surface area contributed by atoms with Crippen LogP contribution in [0.5, 0.6) is 0 Å². The molecule has 1 saturated heterocycles. The average Bonchev–Trinajstić information content (AvgIpc) is 3.54. The van der Waals surface area contributed by atoms with Gasteiger partial charge in [-0.25, -0.2) is 9.61 Å². The Balaban J connectivity index is 1.44. The van der Waals surface area contributed by atoms with Crippen molar-refractivity contribution in [2.24, 2.45) is 0 Å². The molecule has 0 saturated carbocycles. The number of hydrogen-bond acceptors (Lipinski definition) is 8. The Kier molecular flexibility index (Phi) is 4.91. The number of carbonyl (C=O) groups excluding carboxylic acids is 2. The highest BCUT2D eigenvalue weighted by molar-refractivity contribution is 7.13. The Morgan fingerprint density at radius 3 is 2.90 bits per heavy atom. The predicted molar refractivity (Wildman–Crippen MR) is 114 cm³/mol. The fourth-order valence-corrected chi connectivity index (χ4v) is 4.33. The largest absolute Gasteiger partial charge is 0.336 e. The van der Waals surface area contributed by atoms with Gasteiger partial charge in [-0.15, -0.1) is 11.3 Å². The van der Waals surface area contributed by atoms with E-state index in [1.807, 2.05) is 35.7 Å². The van der Waals surface area contributed by atoms with E-state index in [4.69, 9.17) is 4.98 Å². The first-order chi connectivity index (χ1) is 15.1. The molecule has 1 fully saturated rings. The van der Waals surface area contributed by atoms with Crippen LogP contribution < -0.4 is 5.32 Å². The molecular weight excluding hydrogens is 416 g/mol. The average molecular weight is 434 g/mol. The van der Waals surface area contributed by atoms with Crippen molar-refractivity contribution >= 4 is 39.2 Å². The molecule has 2 amide bonds. The number of para-hydroxylation sites is 1. The number of nitrogens with one attached hydrogen (secondary N) is 1. The number of nitrogens with zero attached hydrogens (tertiary/aromatic N) is 5. The van der Waals surface area contributed by atoms with Gasteiger partial charge in [-0.1, -0.05) is 23.4 Å². The molecule has 0 spiro atoms. The molecule has 1 aliphatic heterocycles. The minimum absolute atomic E-state index is 0.0140. The Morgan fingerprint density at radius 1 is 1.26 bits per heavy atom. The predicted octanol–water partition coefficient (Wildman–Crippen LogP) is 3.26. The van der Waals surface area contributed by atoms with E-state index in [0.717, 1.165) is 23.0 Å². The van der Waals surface area contributed by atoms with Crippen molar-refractivity contribution in [3.05, 3.63) is 64.6 Å². The monoisotopic (exact) mass is 434 g/mol. The van der Waals surface area contributed by atoms with Gasteiger partial charge in [-0.2, -0.15) is 0 Å². The highest BCUT2D eigenvalue weighted by atomic mass is 32.1. The summed E-state index contributed by atoms with van der Waals surface area (Å²) in [4.78, 5) is 36.4. The van der Waals surface area contributed by atoms with Crippen LogP contribution in [0.3, 0.4) is 0 Å². The zero-order valence-electron chi connectivity index (χ0n) is 16.6. The number of thiazole rings is 1. The van der Waals surface area contributed by atoms with Crippen LogP contribution in [0.15, 0.2) is 46.5 Å². The van der Waals surface area contributed by atoms with Crippen molar-refractivity contribution < 1.29 is 14.2 Å². The fourth-order valence-electron chi connectivity index (χ4n) is 3.80. The van der Waals surface area contributed by atoms with Crippen molar-refractivity contribution in [2.45, 2.75) is 19.3 Å². The Morgan fingerprint density at radius 2 is 2.13 bits per heavy atom. The minimum Gasteiger partial charge on any atom is -0.336 e. The van der Waals surface area contributed by atoms with Crippen LogP contribution in [0.2, 0.25) is 0 Å². The second-order valence-corrected chi connectivity index (χ2v) is 8.23. The van der Waals surface area contributed by atoms with Crippen LogP contribution in [-0.2, 0) is 0 Å². The third kappa shape index (κ3) is 3.66. The molecule has 4 aromatic rings. The summed E-state index contributed by atoms with van der Waals surface area (Å²) in [7, 11) is 0. The van der Waals surface area contributed by atoms with E-state index in [0.29, 0.717) is 29.5 Å². The van der Waals surface area contributed by atoms with Crippen molar-refractivity contribution in [3.8, 4) is 0 Å². The SMILES string of the molecule is Cc1nonc1C(=O)N1CC[C@H](c2cc(C(=O)Nc3nccs3)c3ccccc3n2)C1. The summed E-state index contributed by atoms with van der Waals surface area (Å²) in [5.41, 5.74) is 2.77. The smallest absolute Gasteiger partial charge is 0.278 e. The number of amides is 2. The molecular formula is C21H18N6O3S. The van der Waals surface area contributed by atoms with Crippen molar-refractivity contribution in [1.29, 1.82) is 0 Å². The molecule has 1 N–H and O–H groups in total. The van der Waals surface area contributed by atoms with Gasteiger partial charge in [0, 0.05) is 41.7 Å². The first-order valence-corrected chi connectivity index (χ1v) is 10.7. The minimum atomic E-state index is -0.231. The molecule has 10 heteroatoms. The van der Waals surface area contributed by atoms with E-state index in [2.05, 4.69) is 25.2 Å². The van der Waals surface area contributed by atoms with Gasteiger partial charge in [0.1, 0.15) is 5.69 Å². The standard InChI is InChI=1S/C21H18N6O3S/c1-12-18(26-30-25-12)20(29)27-8-6-13(11-27)17-10-15(14-4-2-3-5-16(14)23-17)19(28)24-21-22-7-9-31-21/h2-5,7,9-10,13H,6,8,11H2,1H3,(H,22,24,28)/t13-/m0/s1. The van der Waals surface area contributed by atoms with Crippen molar-refractivity contribution in [1.82, 2.24) is 25.2 Å². The number of pyridine rings is 1. The first kappa shape index (κ1) is 19.3. The fraction of sp³-hybridized carbons (Fsp3) is 0.238. The summed E-state index contributed by atoms with van der Waals surface area (Å²) in [6.45, 7) is 2.75. The van der Waals surface area contributed by atoms with E-state index in [1.54, 1.807) is 18.0 Å². The Hall–Kier alpha value is -3.66. The molecule has 4 heterocycles. The van der Waals surface area contributed by atoms with Crippen LogP contribution in [-0.4, -0.2) is 50.1 Å². The molecule has 0 aliphatic carbocycles. The van der Waals surface area contributed by atoms with Gasteiger partial charge in [-0.05, 0) is 30.6 Å². The number of carbonyl (C=O) groups is 2. The lowest BCUT2D eigenvalue weighted by atomic mass is 9.99. The van der Waals surface area contributed by atoms with Crippen LogP contribution in [0.4, 0.5) is 5.13 Å². The molecule has 0 radical (unpaired) electrons. The summed E-state index contributed by atoms with van der Waals surface area (Å²) in [5.74, 6) is -0.422. The third-order valence-corrected chi connectivity index (χ3v) is 6.07. The van der Waals surface area contributed by atoms with E-state index in [-0.39, 0.29) is 23.4 Å². The number of hydrogen-bond donors (Lipinski definition) is 1. The van der Waals surface area contributed by atoms with Gasteiger partial charge in [0.05, 0.1) is 11.1 Å². The van der Waals surface area contributed by atoms with E-state index < -0.39 is 0 Å². The Bertz CT molecular complexity index is 1270. The van der Waals surface area contributed by atoms with E-state index in [1.165, 1.54) is 11.3 Å². The summed E-state index contributed by atoms with van der Waals surface area (Å²) >= 11 is 1.36. The summed E-state index contributed by atoms with van der Waals surface area (Å²) in [5, 5.41) is 13.4. The van der Waals surface area contributed by atoms with Gasteiger partial charge in [-0.3, -0.25) is 19.9 Å². The van der Waals surface area contributed by atoms with E-state index in [9.17, 15) is 9.59 Å². The topological polar surface area (TPSA) is 114 Å². The molecule has 156 valence electrons. The number of benzene rings is 1. The Labute approximate surface area is 181 Å². The molecule has 3 aromatic heterocycles. The van der Waals surface area contributed by atoms with Crippen molar-refractivity contribution in [2.75, 3.05) is 18.4 Å². The maximum absolute atomic E-state index is 13.0. The summed E-state index contributed by atoms with van der Waals surface area (Å²) in [6, 6.07) is 9.38. The lowest BCUT2D eigenvalue weighted by Gasteiger charge is -2.16. The molecule has 5 rings (SSSR count). The second-order valence-electron chi connectivity index (χ2n) is 7.34. The van der Waals surface area contributed by atoms with Crippen LogP contribution in [0.25, 0.3) is 10.9 Å². The first-order valence-electron chi connectivity index (χ1n) is 9.79. The number of aromatic nitrogens is 4. The number of rotatable bonds is 4. The maximum Gasteiger partial charge on any atom is 0.278 e.